The molecular weight excluding hydrogens is 346 g/mol. The Balaban J connectivity index is 1.73. The quantitative estimate of drug-likeness (QED) is 0.813. The first-order valence-electron chi connectivity index (χ1n) is 9.03. The number of likely N-dealkylation sites (N-methyl/N-ethyl adjacent to an activating group) is 1. The van der Waals surface area contributed by atoms with Crippen LogP contribution in [-0.2, 0) is 18.4 Å². The second-order valence-corrected chi connectivity index (χ2v) is 7.24. The summed E-state index contributed by atoms with van der Waals surface area (Å²) in [4.78, 5) is 16.0. The van der Waals surface area contributed by atoms with Gasteiger partial charge in [-0.3, -0.25) is 9.69 Å². The van der Waals surface area contributed by atoms with Crippen molar-refractivity contribution in [3.05, 3.63) is 46.5 Å². The van der Waals surface area contributed by atoms with Crippen LogP contribution in [0.3, 0.4) is 0 Å². The number of ether oxygens (including phenoxy) is 4. The first-order valence-corrected chi connectivity index (χ1v) is 9.03. The lowest BCUT2D eigenvalue weighted by Crippen LogP contribution is -2.52. The molecule has 1 atom stereocenters. The summed E-state index contributed by atoms with van der Waals surface area (Å²) in [6.07, 6.45) is 1.46. The van der Waals surface area contributed by atoms with Crippen LogP contribution in [0, 0.1) is 0 Å². The van der Waals surface area contributed by atoms with E-state index in [9.17, 15) is 4.79 Å². The minimum atomic E-state index is -0.753. The van der Waals surface area contributed by atoms with Gasteiger partial charge in [0.1, 0.15) is 5.54 Å². The average molecular weight is 367 g/mol. The van der Waals surface area contributed by atoms with E-state index < -0.39 is 5.54 Å². The predicted octanol–water partition coefficient (Wildman–Crippen LogP) is 2.55. The van der Waals surface area contributed by atoms with Gasteiger partial charge in [-0.25, -0.2) is 0 Å². The van der Waals surface area contributed by atoms with Crippen LogP contribution < -0.4 is 18.9 Å². The Kier molecular flexibility index (Phi) is 3.43. The number of Topliss-reactive ketones (excluding diaryl/α,β-unsaturated/α-hetero) is 1. The number of carbonyl (C=O) groups excluding carboxylic acids is 1. The predicted molar refractivity (Wildman–Crippen MR) is 98.2 cm³/mol. The number of methoxy groups -OCH3 is 2. The lowest BCUT2D eigenvalue weighted by atomic mass is 9.77. The normalized spacial score (nSPS) is 22.7. The van der Waals surface area contributed by atoms with Gasteiger partial charge in [0.15, 0.2) is 28.8 Å². The Morgan fingerprint density at radius 1 is 1.07 bits per heavy atom. The van der Waals surface area contributed by atoms with Crippen molar-refractivity contribution in [2.75, 3.05) is 34.6 Å². The molecular formula is C21H21NO5. The van der Waals surface area contributed by atoms with E-state index in [4.69, 9.17) is 18.9 Å². The van der Waals surface area contributed by atoms with Crippen molar-refractivity contribution in [1.82, 2.24) is 4.90 Å². The van der Waals surface area contributed by atoms with E-state index in [2.05, 4.69) is 4.90 Å². The number of benzene rings is 2. The van der Waals surface area contributed by atoms with Crippen LogP contribution in [0.5, 0.6) is 23.0 Å². The van der Waals surface area contributed by atoms with Gasteiger partial charge in [0.05, 0.1) is 19.8 Å². The van der Waals surface area contributed by atoms with E-state index >= 15 is 0 Å². The van der Waals surface area contributed by atoms with E-state index in [0.717, 1.165) is 29.7 Å². The van der Waals surface area contributed by atoms with Crippen molar-refractivity contribution >= 4 is 5.78 Å². The number of fused-ring (bicyclic) bond motifs is 5. The van der Waals surface area contributed by atoms with Gasteiger partial charge >= 0.3 is 0 Å². The van der Waals surface area contributed by atoms with Gasteiger partial charge in [-0.05, 0) is 48.4 Å². The van der Waals surface area contributed by atoms with Crippen molar-refractivity contribution in [3.8, 4) is 23.0 Å². The minimum absolute atomic E-state index is 0.0653. The zero-order valence-corrected chi connectivity index (χ0v) is 15.6. The van der Waals surface area contributed by atoms with Crippen LogP contribution >= 0.6 is 0 Å². The van der Waals surface area contributed by atoms with Gasteiger partial charge in [-0.15, -0.1) is 0 Å². The molecule has 1 unspecified atom stereocenters. The fourth-order valence-corrected chi connectivity index (χ4v) is 4.70. The van der Waals surface area contributed by atoms with E-state index in [1.807, 2.05) is 31.3 Å². The number of hydrogen-bond donors (Lipinski definition) is 0. The first-order chi connectivity index (χ1) is 13.1. The Bertz CT molecular complexity index is 970. The highest BCUT2D eigenvalue weighted by atomic mass is 16.7. The fourth-order valence-electron chi connectivity index (χ4n) is 4.70. The molecule has 2 aromatic carbocycles. The number of nitrogens with zero attached hydrogens (tertiary/aromatic N) is 1. The van der Waals surface area contributed by atoms with Gasteiger partial charge in [-0.1, -0.05) is 6.07 Å². The standard InChI is InChI=1S/C21H21NO5/c1-22-7-6-12-8-16(24-2)17(25-3)9-14(12)21(22)10-13-4-5-15-19(27-11-26-15)18(13)20(21)23/h4-5,8-9H,6-7,10-11H2,1-3H3. The molecule has 6 heteroatoms. The summed E-state index contributed by atoms with van der Waals surface area (Å²) in [7, 11) is 5.26. The third-order valence-electron chi connectivity index (χ3n) is 6.10. The van der Waals surface area contributed by atoms with Gasteiger partial charge in [0, 0.05) is 13.0 Å². The SMILES string of the molecule is COc1cc2c(cc1OC)C1(Cc3ccc4c(c3C1=O)OCO4)N(C)CC2. The number of carbonyl (C=O) groups is 1. The van der Waals surface area contributed by atoms with E-state index in [1.54, 1.807) is 14.2 Å². The summed E-state index contributed by atoms with van der Waals surface area (Å²) in [5, 5.41) is 0. The maximum atomic E-state index is 13.8. The molecule has 2 aliphatic heterocycles. The van der Waals surface area contributed by atoms with Crippen LogP contribution in [0.25, 0.3) is 0 Å². The van der Waals surface area contributed by atoms with Gasteiger partial charge in [0.25, 0.3) is 0 Å². The molecule has 2 heterocycles. The molecule has 6 nitrogen and oxygen atoms in total. The number of hydrogen-bond acceptors (Lipinski definition) is 6. The van der Waals surface area contributed by atoms with Crippen LogP contribution in [0.4, 0.5) is 0 Å². The highest BCUT2D eigenvalue weighted by Gasteiger charge is 2.54. The molecule has 0 radical (unpaired) electrons. The van der Waals surface area contributed by atoms with Crippen molar-refractivity contribution in [2.24, 2.45) is 0 Å². The topological polar surface area (TPSA) is 57.2 Å². The second-order valence-electron chi connectivity index (χ2n) is 7.24. The Morgan fingerprint density at radius 2 is 1.85 bits per heavy atom. The molecule has 0 N–H and O–H groups in total. The molecule has 140 valence electrons. The average Bonchev–Trinajstić information content (AvgIpc) is 3.27. The number of ketones is 1. The lowest BCUT2D eigenvalue weighted by Gasteiger charge is -2.43. The molecule has 27 heavy (non-hydrogen) atoms. The summed E-state index contributed by atoms with van der Waals surface area (Å²) in [6, 6.07) is 7.85. The third kappa shape index (κ3) is 2.02. The highest BCUT2D eigenvalue weighted by molar-refractivity contribution is 6.11. The minimum Gasteiger partial charge on any atom is -0.493 e. The van der Waals surface area contributed by atoms with E-state index in [1.165, 1.54) is 0 Å². The Labute approximate surface area is 157 Å². The van der Waals surface area contributed by atoms with Crippen molar-refractivity contribution in [1.29, 1.82) is 0 Å². The molecule has 0 aromatic heterocycles. The molecule has 3 aliphatic rings. The van der Waals surface area contributed by atoms with Crippen LogP contribution in [-0.4, -0.2) is 45.3 Å². The zero-order chi connectivity index (χ0) is 18.8. The maximum absolute atomic E-state index is 13.8. The van der Waals surface area contributed by atoms with Crippen molar-refractivity contribution < 1.29 is 23.7 Å². The smallest absolute Gasteiger partial charge is 0.231 e. The summed E-state index contributed by atoms with van der Waals surface area (Å²) in [5.41, 5.74) is 3.01. The summed E-state index contributed by atoms with van der Waals surface area (Å²) >= 11 is 0. The fraction of sp³-hybridized carbons (Fsp3) is 0.381. The van der Waals surface area contributed by atoms with Crippen molar-refractivity contribution in [2.45, 2.75) is 18.4 Å². The number of rotatable bonds is 2. The molecule has 0 saturated heterocycles. The zero-order valence-electron chi connectivity index (χ0n) is 15.6. The van der Waals surface area contributed by atoms with Crippen molar-refractivity contribution in [3.63, 3.8) is 0 Å². The van der Waals surface area contributed by atoms with Crippen LogP contribution in [0.2, 0.25) is 0 Å². The molecule has 2 aromatic rings. The molecule has 5 rings (SSSR count). The Hall–Kier alpha value is -2.73. The maximum Gasteiger partial charge on any atom is 0.231 e. The Morgan fingerprint density at radius 3 is 2.63 bits per heavy atom. The molecule has 0 fully saturated rings. The van der Waals surface area contributed by atoms with Crippen LogP contribution in [0.1, 0.15) is 27.0 Å². The summed E-state index contributed by atoms with van der Waals surface area (Å²) < 4.78 is 22.1. The summed E-state index contributed by atoms with van der Waals surface area (Å²) in [5.74, 6) is 2.62. The molecule has 1 spiro atoms. The monoisotopic (exact) mass is 367 g/mol. The third-order valence-corrected chi connectivity index (χ3v) is 6.10. The molecule has 0 amide bonds. The summed E-state index contributed by atoms with van der Waals surface area (Å²) in [6.45, 7) is 0.950. The van der Waals surface area contributed by atoms with Gasteiger partial charge in [0.2, 0.25) is 6.79 Å². The first kappa shape index (κ1) is 16.4. The molecule has 1 aliphatic carbocycles. The van der Waals surface area contributed by atoms with Gasteiger partial charge in [-0.2, -0.15) is 0 Å². The van der Waals surface area contributed by atoms with Crippen LogP contribution in [0.15, 0.2) is 24.3 Å². The van der Waals surface area contributed by atoms with E-state index in [-0.39, 0.29) is 12.6 Å². The highest BCUT2D eigenvalue weighted by Crippen LogP contribution is 2.52. The molecule has 0 saturated carbocycles. The van der Waals surface area contributed by atoms with Gasteiger partial charge < -0.3 is 18.9 Å². The lowest BCUT2D eigenvalue weighted by molar-refractivity contribution is 0.0612. The molecule has 0 bridgehead atoms. The largest absolute Gasteiger partial charge is 0.493 e. The second kappa shape index (κ2) is 5.63. The van der Waals surface area contributed by atoms with E-state index in [0.29, 0.717) is 35.0 Å².